The molecule has 3 aromatic rings. The molecule has 2 nitrogen and oxygen atoms in total. The molecular formula is C26H25NO. The third kappa shape index (κ3) is 4.86. The molecule has 0 bridgehead atoms. The molecular weight excluding hydrogens is 342 g/mol. The van der Waals surface area contributed by atoms with Crippen molar-refractivity contribution in [2.75, 3.05) is 6.54 Å². The van der Waals surface area contributed by atoms with E-state index in [-0.39, 0.29) is 11.9 Å². The van der Waals surface area contributed by atoms with Gasteiger partial charge in [0.05, 0.1) is 6.04 Å². The van der Waals surface area contributed by atoms with Crippen LogP contribution in [0.4, 0.5) is 0 Å². The number of benzene rings is 3. The Bertz CT molecular complexity index is 927. The van der Waals surface area contributed by atoms with Gasteiger partial charge in [-0.2, -0.15) is 0 Å². The summed E-state index contributed by atoms with van der Waals surface area (Å²) in [7, 11) is 0. The van der Waals surface area contributed by atoms with Gasteiger partial charge in [0.1, 0.15) is 0 Å². The Kier molecular flexibility index (Phi) is 6.59. The van der Waals surface area contributed by atoms with Gasteiger partial charge >= 0.3 is 0 Å². The molecule has 1 atom stereocenters. The van der Waals surface area contributed by atoms with Crippen LogP contribution in [0, 0.1) is 6.92 Å². The van der Waals surface area contributed by atoms with Crippen molar-refractivity contribution < 1.29 is 4.79 Å². The summed E-state index contributed by atoms with van der Waals surface area (Å²) in [5, 5.41) is 0. The lowest BCUT2D eigenvalue weighted by Crippen LogP contribution is -2.34. The van der Waals surface area contributed by atoms with E-state index in [9.17, 15) is 4.79 Å². The molecule has 3 rings (SSSR count). The Balaban J connectivity index is 1.99. The van der Waals surface area contributed by atoms with E-state index in [2.05, 4.69) is 43.0 Å². The van der Waals surface area contributed by atoms with E-state index >= 15 is 0 Å². The largest absolute Gasteiger partial charge is 0.324 e. The van der Waals surface area contributed by atoms with Gasteiger partial charge in [0.15, 0.2) is 0 Å². The van der Waals surface area contributed by atoms with Crippen molar-refractivity contribution in [3.8, 4) is 0 Å². The van der Waals surface area contributed by atoms with E-state index in [1.807, 2.05) is 72.5 Å². The fourth-order valence-corrected chi connectivity index (χ4v) is 3.14. The minimum absolute atomic E-state index is 0.00790. The standard InChI is InChI=1S/C26H25NO/c1-3-20-27(26(28)24-17-14-21(2)15-18-24)25(23-12-8-5-9-13-23)19-16-22-10-6-4-7-11-22/h3-19,25H,1,20H2,2H3/b19-16+. The van der Waals surface area contributed by atoms with E-state index in [0.29, 0.717) is 12.1 Å². The van der Waals surface area contributed by atoms with Gasteiger partial charge in [0, 0.05) is 12.1 Å². The van der Waals surface area contributed by atoms with Gasteiger partial charge in [-0.15, -0.1) is 6.58 Å². The number of hydrogen-bond donors (Lipinski definition) is 0. The number of rotatable bonds is 7. The minimum atomic E-state index is -0.187. The Labute approximate surface area is 167 Å². The lowest BCUT2D eigenvalue weighted by Gasteiger charge is -2.29. The van der Waals surface area contributed by atoms with Gasteiger partial charge in [-0.3, -0.25) is 4.79 Å². The summed E-state index contributed by atoms with van der Waals surface area (Å²) >= 11 is 0. The van der Waals surface area contributed by atoms with Crippen LogP contribution in [0.15, 0.2) is 104 Å². The number of carbonyl (C=O) groups excluding carboxylic acids is 1. The second-order valence-corrected chi connectivity index (χ2v) is 6.74. The molecule has 2 heteroatoms. The molecule has 0 N–H and O–H groups in total. The third-order valence-corrected chi connectivity index (χ3v) is 4.63. The highest BCUT2D eigenvalue weighted by molar-refractivity contribution is 5.94. The second-order valence-electron chi connectivity index (χ2n) is 6.74. The number of aryl methyl sites for hydroxylation is 1. The molecule has 28 heavy (non-hydrogen) atoms. The zero-order valence-corrected chi connectivity index (χ0v) is 16.2. The smallest absolute Gasteiger partial charge is 0.254 e. The first kappa shape index (κ1) is 19.4. The van der Waals surface area contributed by atoms with Gasteiger partial charge < -0.3 is 4.90 Å². The van der Waals surface area contributed by atoms with E-state index in [1.54, 1.807) is 6.08 Å². The van der Waals surface area contributed by atoms with Crippen molar-refractivity contribution in [3.63, 3.8) is 0 Å². The molecule has 3 aromatic carbocycles. The first-order chi connectivity index (χ1) is 13.7. The quantitative estimate of drug-likeness (QED) is 0.464. The SMILES string of the molecule is C=CCN(C(=O)c1ccc(C)cc1)C(/C=C/c1ccccc1)c1ccccc1. The highest BCUT2D eigenvalue weighted by atomic mass is 16.2. The molecule has 0 aliphatic carbocycles. The third-order valence-electron chi connectivity index (χ3n) is 4.63. The van der Waals surface area contributed by atoms with Crippen LogP contribution in [0.1, 0.15) is 33.1 Å². The average molecular weight is 367 g/mol. The van der Waals surface area contributed by atoms with Crippen LogP contribution in [-0.2, 0) is 0 Å². The zero-order chi connectivity index (χ0) is 19.8. The van der Waals surface area contributed by atoms with Gasteiger partial charge in [-0.1, -0.05) is 96.6 Å². The van der Waals surface area contributed by atoms with Crippen LogP contribution < -0.4 is 0 Å². The zero-order valence-electron chi connectivity index (χ0n) is 16.2. The lowest BCUT2D eigenvalue weighted by atomic mass is 10.0. The Morgan fingerprint density at radius 1 is 0.929 bits per heavy atom. The molecule has 0 spiro atoms. The van der Waals surface area contributed by atoms with Crippen molar-refractivity contribution in [1.29, 1.82) is 0 Å². The van der Waals surface area contributed by atoms with E-state index < -0.39 is 0 Å². The molecule has 0 aliphatic rings. The highest BCUT2D eigenvalue weighted by Crippen LogP contribution is 2.25. The summed E-state index contributed by atoms with van der Waals surface area (Å²) in [4.78, 5) is 15.2. The van der Waals surface area contributed by atoms with Crippen molar-refractivity contribution in [2.24, 2.45) is 0 Å². The van der Waals surface area contributed by atoms with Crippen molar-refractivity contribution in [3.05, 3.63) is 126 Å². The molecule has 1 amide bonds. The number of nitrogens with zero attached hydrogens (tertiary/aromatic N) is 1. The minimum Gasteiger partial charge on any atom is -0.324 e. The Hall–Kier alpha value is -3.39. The summed E-state index contributed by atoms with van der Waals surface area (Å²) in [6.07, 6.45) is 5.93. The van der Waals surface area contributed by atoms with Gasteiger partial charge in [-0.25, -0.2) is 0 Å². The number of hydrogen-bond acceptors (Lipinski definition) is 1. The first-order valence-electron chi connectivity index (χ1n) is 9.46. The normalized spacial score (nSPS) is 11.9. The molecule has 0 aromatic heterocycles. The van der Waals surface area contributed by atoms with E-state index in [0.717, 1.165) is 16.7 Å². The highest BCUT2D eigenvalue weighted by Gasteiger charge is 2.23. The maximum Gasteiger partial charge on any atom is 0.254 e. The molecule has 1 unspecified atom stereocenters. The summed E-state index contributed by atoms with van der Waals surface area (Å²) in [6, 6.07) is 27.7. The average Bonchev–Trinajstić information content (AvgIpc) is 2.75. The topological polar surface area (TPSA) is 20.3 Å². The molecule has 0 aliphatic heterocycles. The van der Waals surface area contributed by atoms with Crippen LogP contribution in [0.2, 0.25) is 0 Å². The maximum atomic E-state index is 13.3. The van der Waals surface area contributed by atoms with Crippen molar-refractivity contribution in [1.82, 2.24) is 4.90 Å². The summed E-state index contributed by atoms with van der Waals surface area (Å²) < 4.78 is 0. The van der Waals surface area contributed by atoms with Crippen LogP contribution >= 0.6 is 0 Å². The van der Waals surface area contributed by atoms with Crippen LogP contribution in [0.25, 0.3) is 6.08 Å². The Morgan fingerprint density at radius 3 is 2.14 bits per heavy atom. The molecule has 0 heterocycles. The summed E-state index contributed by atoms with van der Waals surface area (Å²) in [5.74, 6) is -0.00790. The van der Waals surface area contributed by atoms with Gasteiger partial charge in [0.25, 0.3) is 5.91 Å². The molecule has 0 saturated carbocycles. The summed E-state index contributed by atoms with van der Waals surface area (Å²) in [5.41, 5.74) is 3.98. The van der Waals surface area contributed by atoms with Crippen LogP contribution in [0.5, 0.6) is 0 Å². The van der Waals surface area contributed by atoms with E-state index in [1.165, 1.54) is 0 Å². The lowest BCUT2D eigenvalue weighted by molar-refractivity contribution is 0.0734. The predicted octanol–water partition coefficient (Wildman–Crippen LogP) is 6.08. The molecule has 140 valence electrons. The molecule has 0 radical (unpaired) electrons. The van der Waals surface area contributed by atoms with Gasteiger partial charge in [-0.05, 0) is 30.2 Å². The fraction of sp³-hybridized carbons (Fsp3) is 0.115. The van der Waals surface area contributed by atoms with Gasteiger partial charge in [0.2, 0.25) is 0 Å². The van der Waals surface area contributed by atoms with Crippen LogP contribution in [0.3, 0.4) is 0 Å². The van der Waals surface area contributed by atoms with E-state index in [4.69, 9.17) is 0 Å². The van der Waals surface area contributed by atoms with Crippen LogP contribution in [-0.4, -0.2) is 17.4 Å². The maximum absolute atomic E-state index is 13.3. The summed E-state index contributed by atoms with van der Waals surface area (Å²) in [6.45, 7) is 6.35. The van der Waals surface area contributed by atoms with Crippen molar-refractivity contribution in [2.45, 2.75) is 13.0 Å². The first-order valence-corrected chi connectivity index (χ1v) is 9.46. The molecule has 0 fully saturated rings. The second kappa shape index (κ2) is 9.52. The number of carbonyl (C=O) groups is 1. The predicted molar refractivity (Wildman–Crippen MR) is 117 cm³/mol. The number of amides is 1. The monoisotopic (exact) mass is 367 g/mol. The van der Waals surface area contributed by atoms with Crippen molar-refractivity contribution >= 4 is 12.0 Å². The Morgan fingerprint density at radius 2 is 1.54 bits per heavy atom. The fourth-order valence-electron chi connectivity index (χ4n) is 3.14. The molecule has 0 saturated heterocycles.